The minimum absolute atomic E-state index is 0.804. The second kappa shape index (κ2) is 10.4. The molecule has 0 amide bonds. The van der Waals surface area contributed by atoms with E-state index in [9.17, 15) is 0 Å². The van der Waals surface area contributed by atoms with E-state index in [1.165, 1.54) is 48.3 Å². The quantitative estimate of drug-likeness (QED) is 0.755. The van der Waals surface area contributed by atoms with Gasteiger partial charge in [-0.2, -0.15) is 0 Å². The Bertz CT molecular complexity index is 627. The van der Waals surface area contributed by atoms with Crippen molar-refractivity contribution in [1.82, 2.24) is 9.88 Å². The van der Waals surface area contributed by atoms with E-state index >= 15 is 0 Å². The lowest BCUT2D eigenvalue weighted by molar-refractivity contribution is 0.218. The maximum Gasteiger partial charge on any atom is 0.0438 e. The summed E-state index contributed by atoms with van der Waals surface area (Å²) in [5.74, 6) is 0.804. The van der Waals surface area contributed by atoms with Crippen LogP contribution in [0.3, 0.4) is 0 Å². The van der Waals surface area contributed by atoms with Gasteiger partial charge in [0.05, 0.1) is 0 Å². The van der Waals surface area contributed by atoms with Crippen LogP contribution in [0.25, 0.3) is 0 Å². The van der Waals surface area contributed by atoms with Crippen LogP contribution >= 0.6 is 0 Å². The van der Waals surface area contributed by atoms with Crippen LogP contribution in [-0.4, -0.2) is 30.0 Å². The van der Waals surface area contributed by atoms with Crippen LogP contribution in [0.2, 0.25) is 0 Å². The molecule has 1 aromatic heterocycles. The van der Waals surface area contributed by atoms with Crippen molar-refractivity contribution in [2.24, 2.45) is 5.92 Å². The number of nitrogens with zero attached hydrogens (tertiary/aromatic N) is 2. The summed E-state index contributed by atoms with van der Waals surface area (Å²) in [5.41, 5.74) is 5.54. The smallest absolute Gasteiger partial charge is 0.0438 e. The fourth-order valence-electron chi connectivity index (χ4n) is 3.57. The van der Waals surface area contributed by atoms with Gasteiger partial charge in [-0.05, 0) is 82.3 Å². The summed E-state index contributed by atoms with van der Waals surface area (Å²) in [6.45, 7) is 8.63. The average molecular weight is 339 g/mol. The van der Waals surface area contributed by atoms with Gasteiger partial charge in [-0.1, -0.05) is 49.7 Å². The molecule has 1 fully saturated rings. The van der Waals surface area contributed by atoms with Crippen LogP contribution in [0, 0.1) is 12.8 Å². The Morgan fingerprint density at radius 3 is 2.52 bits per heavy atom. The topological polar surface area (TPSA) is 16.1 Å². The molecule has 1 aliphatic heterocycles. The number of hydrogen-bond acceptors (Lipinski definition) is 2. The molecule has 0 aliphatic carbocycles. The molecule has 136 valence electrons. The number of rotatable bonds is 5. The maximum atomic E-state index is 4.71. The molecule has 1 saturated heterocycles. The molecule has 25 heavy (non-hydrogen) atoms. The van der Waals surface area contributed by atoms with E-state index in [-0.39, 0.29) is 0 Å². The molecule has 2 heterocycles. The van der Waals surface area contributed by atoms with Crippen LogP contribution in [0.15, 0.2) is 42.6 Å². The Morgan fingerprint density at radius 2 is 1.80 bits per heavy atom. The highest BCUT2D eigenvalue weighted by atomic mass is 15.1. The van der Waals surface area contributed by atoms with E-state index in [0.29, 0.717) is 0 Å². The highest BCUT2D eigenvalue weighted by molar-refractivity contribution is 5.26. The molecule has 0 unspecified atom stereocenters. The molecule has 0 saturated carbocycles. The van der Waals surface area contributed by atoms with Gasteiger partial charge in [0, 0.05) is 11.9 Å². The number of aryl methyl sites for hydroxylation is 3. The summed E-state index contributed by atoms with van der Waals surface area (Å²) in [5, 5.41) is 0. The van der Waals surface area contributed by atoms with E-state index in [4.69, 9.17) is 4.98 Å². The van der Waals surface area contributed by atoms with Gasteiger partial charge in [-0.25, -0.2) is 0 Å². The van der Waals surface area contributed by atoms with E-state index in [1.54, 1.807) is 0 Å². The van der Waals surface area contributed by atoms with Gasteiger partial charge >= 0.3 is 0 Å². The van der Waals surface area contributed by atoms with Gasteiger partial charge in [0.1, 0.15) is 0 Å². The monoisotopic (exact) mass is 338 g/mol. The van der Waals surface area contributed by atoms with Crippen LogP contribution in [0.1, 0.15) is 49.1 Å². The Morgan fingerprint density at radius 1 is 1.04 bits per heavy atom. The van der Waals surface area contributed by atoms with Crippen molar-refractivity contribution in [3.63, 3.8) is 0 Å². The minimum atomic E-state index is 0.804. The third-order valence-corrected chi connectivity index (χ3v) is 5.07. The van der Waals surface area contributed by atoms with Gasteiger partial charge in [0.25, 0.3) is 0 Å². The zero-order chi connectivity index (χ0) is 18.1. The fourth-order valence-corrected chi connectivity index (χ4v) is 3.57. The van der Waals surface area contributed by atoms with Crippen molar-refractivity contribution in [2.45, 2.75) is 52.9 Å². The summed E-state index contributed by atoms with van der Waals surface area (Å²) >= 11 is 0. The largest absolute Gasteiger partial charge is 0.306 e. The standard InChI is InChI=1S/C21H28N2.C2H6/c1-17-5-3-6-18(15-17)8-9-20-7-4-12-22-21(20)16-19-10-13-23(2)14-11-19;1-2/h3-7,12,15,19H,8-11,13-14,16H2,1-2H3;1-2H3. The summed E-state index contributed by atoms with van der Waals surface area (Å²) in [4.78, 5) is 7.15. The van der Waals surface area contributed by atoms with E-state index < -0.39 is 0 Å². The summed E-state index contributed by atoms with van der Waals surface area (Å²) in [6, 6.07) is 13.2. The number of benzene rings is 1. The van der Waals surface area contributed by atoms with Crippen molar-refractivity contribution >= 4 is 0 Å². The highest BCUT2D eigenvalue weighted by Crippen LogP contribution is 2.22. The van der Waals surface area contributed by atoms with Gasteiger partial charge in [-0.3, -0.25) is 4.98 Å². The third kappa shape index (κ3) is 6.28. The van der Waals surface area contributed by atoms with Crippen molar-refractivity contribution in [1.29, 1.82) is 0 Å². The molecule has 2 aromatic rings. The molecular formula is C23H34N2. The Labute approximate surface area is 154 Å². The van der Waals surface area contributed by atoms with Gasteiger partial charge < -0.3 is 4.90 Å². The van der Waals surface area contributed by atoms with Gasteiger partial charge in [0.15, 0.2) is 0 Å². The summed E-state index contributed by atoms with van der Waals surface area (Å²) < 4.78 is 0. The molecule has 0 atom stereocenters. The molecule has 0 N–H and O–H groups in total. The van der Waals surface area contributed by atoms with Crippen molar-refractivity contribution < 1.29 is 0 Å². The van der Waals surface area contributed by atoms with E-state index in [1.807, 2.05) is 20.0 Å². The first-order chi connectivity index (χ1) is 12.2. The first-order valence-corrected chi connectivity index (χ1v) is 9.87. The SMILES string of the molecule is CC.Cc1cccc(CCc2cccnc2CC2CCN(C)CC2)c1. The molecule has 1 aromatic carbocycles. The third-order valence-electron chi connectivity index (χ3n) is 5.07. The first kappa shape index (κ1) is 19.7. The van der Waals surface area contributed by atoms with Gasteiger partial charge in [0.2, 0.25) is 0 Å². The molecule has 1 aliphatic rings. The van der Waals surface area contributed by atoms with Crippen LogP contribution < -0.4 is 0 Å². The fraction of sp³-hybridized carbons (Fsp3) is 0.522. The van der Waals surface area contributed by atoms with Crippen LogP contribution in [0.4, 0.5) is 0 Å². The second-order valence-electron chi connectivity index (χ2n) is 7.05. The van der Waals surface area contributed by atoms with Gasteiger partial charge in [-0.15, -0.1) is 0 Å². The maximum absolute atomic E-state index is 4.71. The Kier molecular flexibility index (Phi) is 8.14. The Hall–Kier alpha value is -1.67. The zero-order valence-electron chi connectivity index (χ0n) is 16.5. The predicted octanol–water partition coefficient (Wildman–Crippen LogP) is 5.09. The van der Waals surface area contributed by atoms with Crippen molar-refractivity contribution in [2.75, 3.05) is 20.1 Å². The lowest BCUT2D eigenvalue weighted by Crippen LogP contribution is -2.31. The lowest BCUT2D eigenvalue weighted by atomic mass is 9.90. The Balaban J connectivity index is 0.00000109. The predicted molar refractivity (Wildman–Crippen MR) is 108 cm³/mol. The summed E-state index contributed by atoms with van der Waals surface area (Å²) in [6.07, 6.45) is 7.93. The zero-order valence-corrected chi connectivity index (χ0v) is 16.5. The van der Waals surface area contributed by atoms with E-state index in [2.05, 4.69) is 55.3 Å². The average Bonchev–Trinajstić information content (AvgIpc) is 2.65. The second-order valence-corrected chi connectivity index (χ2v) is 7.05. The van der Waals surface area contributed by atoms with Crippen LogP contribution in [-0.2, 0) is 19.3 Å². The lowest BCUT2D eigenvalue weighted by Gasteiger charge is -2.29. The first-order valence-electron chi connectivity index (χ1n) is 9.87. The number of aromatic nitrogens is 1. The number of likely N-dealkylation sites (tertiary alicyclic amines) is 1. The molecule has 0 radical (unpaired) electrons. The van der Waals surface area contributed by atoms with Crippen molar-refractivity contribution in [3.8, 4) is 0 Å². The molecular weight excluding hydrogens is 304 g/mol. The molecule has 0 spiro atoms. The molecule has 2 nitrogen and oxygen atoms in total. The number of piperidine rings is 1. The number of hydrogen-bond donors (Lipinski definition) is 0. The van der Waals surface area contributed by atoms with Crippen LogP contribution in [0.5, 0.6) is 0 Å². The molecule has 0 bridgehead atoms. The normalized spacial score (nSPS) is 15.5. The molecule has 3 rings (SSSR count). The van der Waals surface area contributed by atoms with E-state index in [0.717, 1.165) is 25.2 Å². The number of pyridine rings is 1. The minimum Gasteiger partial charge on any atom is -0.306 e. The van der Waals surface area contributed by atoms with Crippen molar-refractivity contribution in [3.05, 3.63) is 65.0 Å². The highest BCUT2D eigenvalue weighted by Gasteiger charge is 2.18. The summed E-state index contributed by atoms with van der Waals surface area (Å²) in [7, 11) is 2.23. The molecule has 2 heteroatoms.